The summed E-state index contributed by atoms with van der Waals surface area (Å²) < 4.78 is 5.31. The minimum Gasteiger partial charge on any atom is -0.497 e. The van der Waals surface area contributed by atoms with E-state index in [0.717, 1.165) is 35.8 Å². The van der Waals surface area contributed by atoms with Crippen LogP contribution in [0.2, 0.25) is 5.02 Å². The third-order valence-electron chi connectivity index (χ3n) is 4.18. The second-order valence-corrected chi connectivity index (χ2v) is 6.20. The van der Waals surface area contributed by atoms with Crippen molar-refractivity contribution in [3.63, 3.8) is 0 Å². The van der Waals surface area contributed by atoms with Gasteiger partial charge in [0.1, 0.15) is 5.75 Å². The molecule has 0 saturated carbocycles. The lowest BCUT2D eigenvalue weighted by Gasteiger charge is -2.30. The largest absolute Gasteiger partial charge is 0.497 e. The monoisotopic (exact) mass is 373 g/mol. The zero-order chi connectivity index (χ0) is 18.5. The molecule has 136 valence electrons. The number of benzene rings is 2. The van der Waals surface area contributed by atoms with Crippen LogP contribution in [0.5, 0.6) is 5.75 Å². The van der Waals surface area contributed by atoms with E-state index in [0.29, 0.717) is 17.1 Å². The molecule has 0 aromatic heterocycles. The second kappa shape index (κ2) is 8.10. The van der Waals surface area contributed by atoms with Crippen LogP contribution < -0.4 is 15.0 Å². The van der Waals surface area contributed by atoms with Crippen molar-refractivity contribution in [2.24, 2.45) is 5.16 Å². The van der Waals surface area contributed by atoms with Gasteiger partial charge >= 0.3 is 6.09 Å². The number of hydrogen-bond donors (Lipinski definition) is 1. The van der Waals surface area contributed by atoms with E-state index in [9.17, 15) is 4.79 Å². The molecule has 7 heteroatoms. The second-order valence-electron chi connectivity index (χ2n) is 5.76. The molecular weight excluding hydrogens is 354 g/mol. The van der Waals surface area contributed by atoms with Crippen molar-refractivity contribution in [1.82, 2.24) is 0 Å². The molecule has 0 atom stereocenters. The maximum Gasteiger partial charge on any atom is 0.437 e. The van der Waals surface area contributed by atoms with Gasteiger partial charge < -0.3 is 9.64 Å². The molecule has 0 fully saturated rings. The molecule has 1 N–H and O–H groups in total. The van der Waals surface area contributed by atoms with E-state index in [2.05, 4.69) is 22.3 Å². The van der Waals surface area contributed by atoms with E-state index in [1.165, 1.54) is 0 Å². The minimum atomic E-state index is -0.651. The SMILES string of the molecule is CCN1CC/C(=N\OC(=O)Nc2ccc(Cl)cc2)c2cc(OC)ccc21. The number of carbonyl (C=O) groups excluding carboxylic acids is 1. The Morgan fingerprint density at radius 3 is 2.73 bits per heavy atom. The molecule has 1 aliphatic heterocycles. The Morgan fingerprint density at radius 1 is 1.27 bits per heavy atom. The van der Waals surface area contributed by atoms with Gasteiger partial charge in [-0.05, 0) is 49.4 Å². The molecule has 1 heterocycles. The molecule has 0 radical (unpaired) electrons. The van der Waals surface area contributed by atoms with E-state index < -0.39 is 6.09 Å². The lowest BCUT2D eigenvalue weighted by Crippen LogP contribution is -2.32. The van der Waals surface area contributed by atoms with Crippen LogP contribution in [0.4, 0.5) is 16.2 Å². The van der Waals surface area contributed by atoms with Gasteiger partial charge in [-0.3, -0.25) is 10.2 Å². The Morgan fingerprint density at radius 2 is 2.04 bits per heavy atom. The predicted octanol–water partition coefficient (Wildman–Crippen LogP) is 4.53. The molecule has 0 bridgehead atoms. The van der Waals surface area contributed by atoms with Crippen molar-refractivity contribution in [1.29, 1.82) is 0 Å². The van der Waals surface area contributed by atoms with Crippen LogP contribution in [0.1, 0.15) is 18.9 Å². The number of halogens is 1. The van der Waals surface area contributed by atoms with Crippen molar-refractivity contribution in [3.05, 3.63) is 53.1 Å². The number of nitrogens with zero attached hydrogens (tertiary/aromatic N) is 2. The number of ether oxygens (including phenoxy) is 1. The molecule has 0 saturated heterocycles. The van der Waals surface area contributed by atoms with Gasteiger partial charge in [0.2, 0.25) is 0 Å². The fourth-order valence-electron chi connectivity index (χ4n) is 2.84. The number of amides is 1. The van der Waals surface area contributed by atoms with Crippen LogP contribution >= 0.6 is 11.6 Å². The third-order valence-corrected chi connectivity index (χ3v) is 4.44. The van der Waals surface area contributed by atoms with Gasteiger partial charge in [-0.1, -0.05) is 16.8 Å². The predicted molar refractivity (Wildman–Crippen MR) is 104 cm³/mol. The van der Waals surface area contributed by atoms with E-state index in [1.807, 2.05) is 18.2 Å². The summed E-state index contributed by atoms with van der Waals surface area (Å²) in [5.41, 5.74) is 3.27. The number of oxime groups is 1. The van der Waals surface area contributed by atoms with E-state index in [1.54, 1.807) is 31.4 Å². The van der Waals surface area contributed by atoms with Crippen molar-refractivity contribution < 1.29 is 14.4 Å². The van der Waals surface area contributed by atoms with Crippen LogP contribution in [0.15, 0.2) is 47.6 Å². The smallest absolute Gasteiger partial charge is 0.437 e. The van der Waals surface area contributed by atoms with E-state index in [-0.39, 0.29) is 0 Å². The number of hydrogen-bond acceptors (Lipinski definition) is 5. The Bertz CT molecular complexity index is 821. The standard InChI is InChI=1S/C19H20ClN3O3/c1-3-23-11-10-17(16-12-15(25-2)8-9-18(16)23)22-26-19(24)21-14-6-4-13(20)5-7-14/h4-9,12H,3,10-11H2,1-2H3,(H,21,24)/b22-17+. The number of rotatable bonds is 4. The summed E-state index contributed by atoms with van der Waals surface area (Å²) in [6, 6.07) is 12.6. The number of methoxy groups -OCH3 is 1. The normalized spacial score (nSPS) is 14.7. The highest BCUT2D eigenvalue weighted by atomic mass is 35.5. The Kier molecular flexibility index (Phi) is 5.63. The maximum absolute atomic E-state index is 12.0. The first-order chi connectivity index (χ1) is 12.6. The molecule has 1 amide bonds. The molecule has 3 rings (SSSR count). The first kappa shape index (κ1) is 18.1. The summed E-state index contributed by atoms with van der Waals surface area (Å²) in [4.78, 5) is 19.3. The minimum absolute atomic E-state index is 0.586. The Labute approximate surface area is 157 Å². The quantitative estimate of drug-likeness (QED) is 0.631. The van der Waals surface area contributed by atoms with Crippen LogP contribution in [-0.2, 0) is 4.84 Å². The van der Waals surface area contributed by atoms with E-state index in [4.69, 9.17) is 21.2 Å². The summed E-state index contributed by atoms with van der Waals surface area (Å²) in [6.45, 7) is 3.81. The molecular formula is C19H20ClN3O3. The van der Waals surface area contributed by atoms with Gasteiger partial charge in [-0.15, -0.1) is 0 Å². The molecule has 26 heavy (non-hydrogen) atoms. The van der Waals surface area contributed by atoms with Crippen LogP contribution in [0, 0.1) is 0 Å². The number of nitrogens with one attached hydrogen (secondary N) is 1. The molecule has 0 aliphatic carbocycles. The highest BCUT2D eigenvalue weighted by molar-refractivity contribution is 6.30. The van der Waals surface area contributed by atoms with Crippen LogP contribution in [0.25, 0.3) is 0 Å². The van der Waals surface area contributed by atoms with Gasteiger partial charge in [0, 0.05) is 41.5 Å². The average Bonchev–Trinajstić information content (AvgIpc) is 2.67. The van der Waals surface area contributed by atoms with E-state index >= 15 is 0 Å². The number of anilines is 2. The lowest BCUT2D eigenvalue weighted by atomic mass is 9.99. The van der Waals surface area contributed by atoms with Gasteiger partial charge in [0.05, 0.1) is 12.8 Å². The molecule has 1 aliphatic rings. The highest BCUT2D eigenvalue weighted by Gasteiger charge is 2.22. The number of carbonyl (C=O) groups is 1. The average molecular weight is 374 g/mol. The molecule has 2 aromatic carbocycles. The van der Waals surface area contributed by atoms with Crippen LogP contribution in [0.3, 0.4) is 0 Å². The van der Waals surface area contributed by atoms with Crippen LogP contribution in [-0.4, -0.2) is 32.0 Å². The maximum atomic E-state index is 12.0. The van der Waals surface area contributed by atoms with Gasteiger partial charge in [0.25, 0.3) is 0 Å². The van der Waals surface area contributed by atoms with Crippen molar-refractivity contribution in [2.75, 3.05) is 30.4 Å². The summed E-state index contributed by atoms with van der Waals surface area (Å²) in [5, 5.41) is 7.29. The zero-order valence-electron chi connectivity index (χ0n) is 14.7. The first-order valence-corrected chi connectivity index (χ1v) is 8.72. The van der Waals surface area contributed by atoms with Gasteiger partial charge in [0.15, 0.2) is 0 Å². The molecule has 6 nitrogen and oxygen atoms in total. The summed E-state index contributed by atoms with van der Waals surface area (Å²) in [5.74, 6) is 0.736. The van der Waals surface area contributed by atoms with Gasteiger partial charge in [-0.25, -0.2) is 4.79 Å². The summed E-state index contributed by atoms with van der Waals surface area (Å²) in [6.07, 6.45) is 0.0320. The zero-order valence-corrected chi connectivity index (χ0v) is 15.4. The molecule has 0 unspecified atom stereocenters. The Balaban J connectivity index is 1.76. The molecule has 2 aromatic rings. The van der Waals surface area contributed by atoms with Gasteiger partial charge in [-0.2, -0.15) is 0 Å². The van der Waals surface area contributed by atoms with Crippen molar-refractivity contribution in [2.45, 2.75) is 13.3 Å². The highest BCUT2D eigenvalue weighted by Crippen LogP contribution is 2.30. The summed E-state index contributed by atoms with van der Waals surface area (Å²) in [7, 11) is 1.62. The van der Waals surface area contributed by atoms with Crippen molar-refractivity contribution in [3.8, 4) is 5.75 Å². The fourth-order valence-corrected chi connectivity index (χ4v) is 2.96. The fraction of sp³-hybridized carbons (Fsp3) is 0.263. The summed E-state index contributed by atoms with van der Waals surface area (Å²) >= 11 is 5.83. The topological polar surface area (TPSA) is 63.2 Å². The first-order valence-electron chi connectivity index (χ1n) is 8.34. The Hall–Kier alpha value is -2.73. The van der Waals surface area contributed by atoms with Crippen molar-refractivity contribution >= 4 is 34.8 Å². The number of fused-ring (bicyclic) bond motifs is 1. The lowest BCUT2D eigenvalue weighted by molar-refractivity contribution is 0.166. The third kappa shape index (κ3) is 4.08. The molecule has 0 spiro atoms.